The van der Waals surface area contributed by atoms with Gasteiger partial charge in [0.25, 0.3) is 0 Å². The fourth-order valence-electron chi connectivity index (χ4n) is 1.38. The molecule has 1 amide bonds. The molecule has 0 aliphatic rings. The summed E-state index contributed by atoms with van der Waals surface area (Å²) in [5, 5.41) is 3.23. The number of rotatable bonds is 5. The second-order valence-corrected chi connectivity index (χ2v) is 6.08. The number of nitrogens with one attached hydrogen (secondary N) is 1. The Bertz CT molecular complexity index is 442. The minimum absolute atomic E-state index is 0.0259. The van der Waals surface area contributed by atoms with E-state index in [1.165, 1.54) is 0 Å². The molecule has 0 atom stereocenters. The summed E-state index contributed by atoms with van der Waals surface area (Å²) in [6.45, 7) is 6.98. The lowest BCUT2D eigenvalue weighted by Crippen LogP contribution is -2.20. The normalized spacial score (nSPS) is 11.4. The first-order chi connectivity index (χ1) is 8.78. The van der Waals surface area contributed by atoms with Gasteiger partial charge in [0.05, 0.1) is 11.4 Å². The monoisotopic (exact) mass is 284 g/mol. The summed E-state index contributed by atoms with van der Waals surface area (Å²) in [7, 11) is 0. The Balaban J connectivity index is 2.35. The van der Waals surface area contributed by atoms with E-state index in [0.29, 0.717) is 23.0 Å². The van der Waals surface area contributed by atoms with E-state index in [0.717, 1.165) is 6.42 Å². The van der Waals surface area contributed by atoms with E-state index in [4.69, 9.17) is 22.1 Å². The largest absolute Gasteiger partial charge is 0.397 e. The van der Waals surface area contributed by atoms with Crippen LogP contribution in [0, 0.1) is 5.41 Å². The van der Waals surface area contributed by atoms with Gasteiger partial charge in [-0.15, -0.1) is 0 Å². The maximum absolute atomic E-state index is 11.6. The van der Waals surface area contributed by atoms with Crippen LogP contribution in [-0.4, -0.2) is 19.1 Å². The van der Waals surface area contributed by atoms with Gasteiger partial charge in [0.15, 0.2) is 0 Å². The van der Waals surface area contributed by atoms with Crippen LogP contribution in [0.2, 0.25) is 5.02 Å². The van der Waals surface area contributed by atoms with Crippen molar-refractivity contribution >= 4 is 28.9 Å². The quantitative estimate of drug-likeness (QED) is 0.644. The van der Waals surface area contributed by atoms with Crippen molar-refractivity contribution in [1.29, 1.82) is 0 Å². The van der Waals surface area contributed by atoms with E-state index in [9.17, 15) is 4.79 Å². The molecule has 0 aromatic heterocycles. The lowest BCUT2D eigenvalue weighted by molar-refractivity contribution is -0.120. The number of carbonyl (C=O) groups excluding carboxylic acids is 1. The number of halogens is 1. The van der Waals surface area contributed by atoms with Crippen molar-refractivity contribution in [2.45, 2.75) is 27.2 Å². The Kier molecular flexibility index (Phi) is 5.63. The maximum Gasteiger partial charge on any atom is 0.250 e. The third-order valence-electron chi connectivity index (χ3n) is 2.52. The van der Waals surface area contributed by atoms with Gasteiger partial charge in [0.1, 0.15) is 6.61 Å². The highest BCUT2D eigenvalue weighted by Gasteiger charge is 2.10. The fraction of sp³-hybridized carbons (Fsp3) is 0.500. The zero-order valence-electron chi connectivity index (χ0n) is 11.6. The van der Waals surface area contributed by atoms with Gasteiger partial charge in [-0.05, 0) is 30.0 Å². The van der Waals surface area contributed by atoms with E-state index in [1.54, 1.807) is 18.2 Å². The summed E-state index contributed by atoms with van der Waals surface area (Å²) in [4.78, 5) is 11.6. The zero-order valence-corrected chi connectivity index (χ0v) is 12.4. The van der Waals surface area contributed by atoms with Gasteiger partial charge in [-0.2, -0.15) is 0 Å². The van der Waals surface area contributed by atoms with Gasteiger partial charge in [-0.3, -0.25) is 4.79 Å². The first kappa shape index (κ1) is 15.8. The summed E-state index contributed by atoms with van der Waals surface area (Å²) in [6, 6.07) is 4.94. The molecular weight excluding hydrogens is 264 g/mol. The first-order valence-electron chi connectivity index (χ1n) is 6.20. The highest BCUT2D eigenvalue weighted by molar-refractivity contribution is 6.31. The van der Waals surface area contributed by atoms with E-state index in [1.807, 2.05) is 0 Å². The van der Waals surface area contributed by atoms with Crippen molar-refractivity contribution in [2.24, 2.45) is 5.41 Å². The molecule has 0 fully saturated rings. The average Bonchev–Trinajstić information content (AvgIpc) is 2.27. The Hall–Kier alpha value is -1.26. The Labute approximate surface area is 119 Å². The number of ether oxygens (including phenoxy) is 1. The number of nitrogen functional groups attached to an aromatic ring is 1. The molecule has 3 N–H and O–H groups in total. The van der Waals surface area contributed by atoms with Gasteiger partial charge in [-0.25, -0.2) is 0 Å². The lowest BCUT2D eigenvalue weighted by Gasteiger charge is -2.17. The van der Waals surface area contributed by atoms with Crippen LogP contribution in [0.5, 0.6) is 0 Å². The van der Waals surface area contributed by atoms with E-state index >= 15 is 0 Å². The Morgan fingerprint density at radius 1 is 1.42 bits per heavy atom. The summed E-state index contributed by atoms with van der Waals surface area (Å²) in [6.07, 6.45) is 0.906. The minimum Gasteiger partial charge on any atom is -0.397 e. The molecule has 0 unspecified atom stereocenters. The second kappa shape index (κ2) is 6.78. The van der Waals surface area contributed by atoms with Crippen LogP contribution in [0.15, 0.2) is 18.2 Å². The van der Waals surface area contributed by atoms with E-state index in [-0.39, 0.29) is 17.9 Å². The SMILES string of the molecule is CC(C)(C)CCOCC(=O)Nc1ccc(Cl)cc1N. The number of carbonyl (C=O) groups is 1. The molecule has 106 valence electrons. The van der Waals surface area contributed by atoms with Gasteiger partial charge in [0.2, 0.25) is 5.91 Å². The zero-order chi connectivity index (χ0) is 14.5. The number of amides is 1. The number of hydrogen-bond donors (Lipinski definition) is 2. The van der Waals surface area contributed by atoms with Gasteiger partial charge in [-0.1, -0.05) is 32.4 Å². The molecule has 0 saturated heterocycles. The average molecular weight is 285 g/mol. The molecule has 19 heavy (non-hydrogen) atoms. The molecule has 1 rings (SSSR count). The highest BCUT2D eigenvalue weighted by atomic mass is 35.5. The number of anilines is 2. The van der Waals surface area contributed by atoms with Crippen LogP contribution < -0.4 is 11.1 Å². The predicted molar refractivity (Wildman–Crippen MR) is 79.4 cm³/mol. The van der Waals surface area contributed by atoms with Crippen LogP contribution in [0.3, 0.4) is 0 Å². The van der Waals surface area contributed by atoms with Gasteiger partial charge in [0, 0.05) is 11.6 Å². The Morgan fingerprint density at radius 2 is 2.11 bits per heavy atom. The molecule has 0 aliphatic heterocycles. The minimum atomic E-state index is -0.220. The topological polar surface area (TPSA) is 64.3 Å². The molecule has 4 nitrogen and oxygen atoms in total. The van der Waals surface area contributed by atoms with E-state index in [2.05, 4.69) is 26.1 Å². The molecule has 1 aromatic carbocycles. The van der Waals surface area contributed by atoms with Crippen molar-refractivity contribution in [3.8, 4) is 0 Å². The number of nitrogens with two attached hydrogens (primary N) is 1. The predicted octanol–water partition coefficient (Wildman–Crippen LogP) is 3.31. The van der Waals surface area contributed by atoms with Gasteiger partial charge < -0.3 is 15.8 Å². The molecule has 0 saturated carbocycles. The molecule has 0 bridgehead atoms. The third-order valence-corrected chi connectivity index (χ3v) is 2.75. The summed E-state index contributed by atoms with van der Waals surface area (Å²) in [5.41, 5.74) is 6.94. The van der Waals surface area contributed by atoms with Crippen molar-refractivity contribution in [3.05, 3.63) is 23.2 Å². The van der Waals surface area contributed by atoms with Gasteiger partial charge >= 0.3 is 0 Å². The van der Waals surface area contributed by atoms with Crippen LogP contribution in [0.1, 0.15) is 27.2 Å². The van der Waals surface area contributed by atoms with Crippen molar-refractivity contribution in [2.75, 3.05) is 24.3 Å². The molecule has 1 aromatic rings. The number of benzene rings is 1. The van der Waals surface area contributed by atoms with Crippen LogP contribution >= 0.6 is 11.6 Å². The van der Waals surface area contributed by atoms with Crippen molar-refractivity contribution < 1.29 is 9.53 Å². The Morgan fingerprint density at radius 3 is 2.68 bits per heavy atom. The molecule has 0 spiro atoms. The maximum atomic E-state index is 11.6. The first-order valence-corrected chi connectivity index (χ1v) is 6.58. The summed E-state index contributed by atoms with van der Waals surface area (Å²) >= 11 is 5.78. The summed E-state index contributed by atoms with van der Waals surface area (Å²) < 4.78 is 5.33. The van der Waals surface area contributed by atoms with Crippen molar-refractivity contribution in [3.63, 3.8) is 0 Å². The van der Waals surface area contributed by atoms with Crippen LogP contribution in [-0.2, 0) is 9.53 Å². The molecule has 0 heterocycles. The van der Waals surface area contributed by atoms with Crippen LogP contribution in [0.4, 0.5) is 11.4 Å². The van der Waals surface area contributed by atoms with Crippen molar-refractivity contribution in [1.82, 2.24) is 0 Å². The summed E-state index contributed by atoms with van der Waals surface area (Å²) in [5.74, 6) is -0.220. The molecule has 5 heteroatoms. The smallest absolute Gasteiger partial charge is 0.250 e. The molecular formula is C14H21ClN2O2. The standard InChI is InChI=1S/C14H21ClN2O2/c1-14(2,3)6-7-19-9-13(18)17-12-5-4-10(15)8-11(12)16/h4-5,8H,6-7,9,16H2,1-3H3,(H,17,18). The second-order valence-electron chi connectivity index (χ2n) is 5.64. The molecule has 0 radical (unpaired) electrons. The number of hydrogen-bond acceptors (Lipinski definition) is 3. The fourth-order valence-corrected chi connectivity index (χ4v) is 1.56. The highest BCUT2D eigenvalue weighted by Crippen LogP contribution is 2.22. The van der Waals surface area contributed by atoms with E-state index < -0.39 is 0 Å². The lowest BCUT2D eigenvalue weighted by atomic mass is 9.93. The van der Waals surface area contributed by atoms with Crippen LogP contribution in [0.25, 0.3) is 0 Å². The third kappa shape index (κ3) is 6.45. The molecule has 0 aliphatic carbocycles.